The molecule has 0 unspecified atom stereocenters. The van der Waals surface area contributed by atoms with Crippen molar-refractivity contribution in [2.45, 2.75) is 33.3 Å². The molecule has 1 N–H and O–H groups in total. The first-order valence-electron chi connectivity index (χ1n) is 8.64. The van der Waals surface area contributed by atoms with E-state index in [9.17, 15) is 4.79 Å². The molecule has 0 bridgehead atoms. The molecule has 2 rings (SSSR count). The molecule has 0 saturated carbocycles. The Labute approximate surface area is 150 Å². The number of carbonyl (C=O) groups excluding carboxylic acids is 1. The fraction of sp³-hybridized carbons (Fsp3) is 0.318. The highest BCUT2D eigenvalue weighted by Gasteiger charge is 2.16. The van der Waals surface area contributed by atoms with Gasteiger partial charge in [-0.05, 0) is 43.4 Å². The van der Waals surface area contributed by atoms with Gasteiger partial charge in [0.2, 0.25) is 0 Å². The van der Waals surface area contributed by atoms with Crippen molar-refractivity contribution in [2.24, 2.45) is 5.92 Å². The summed E-state index contributed by atoms with van der Waals surface area (Å²) in [4.78, 5) is 11.8. The van der Waals surface area contributed by atoms with Crippen molar-refractivity contribution in [3.05, 3.63) is 77.9 Å². The monoisotopic (exact) mass is 337 g/mol. The Kier molecular flexibility index (Phi) is 6.40. The molecule has 2 aromatic rings. The van der Waals surface area contributed by atoms with E-state index in [-0.39, 0.29) is 12.0 Å². The minimum absolute atomic E-state index is 0.169. The van der Waals surface area contributed by atoms with E-state index in [2.05, 4.69) is 42.6 Å². The molecule has 0 heterocycles. The van der Waals surface area contributed by atoms with Gasteiger partial charge >= 0.3 is 6.09 Å². The Morgan fingerprint density at radius 1 is 1.00 bits per heavy atom. The Bertz CT molecular complexity index is 658. The van der Waals surface area contributed by atoms with Crippen molar-refractivity contribution in [3.8, 4) is 0 Å². The molecule has 3 heteroatoms. The molecule has 1 amide bonds. The molecule has 0 aromatic heterocycles. The van der Waals surface area contributed by atoms with Crippen LogP contribution >= 0.6 is 0 Å². The third kappa shape index (κ3) is 6.46. The van der Waals surface area contributed by atoms with E-state index >= 15 is 0 Å². The largest absolute Gasteiger partial charge is 0.444 e. The summed E-state index contributed by atoms with van der Waals surface area (Å²) in [6.07, 6.45) is 1.82. The van der Waals surface area contributed by atoms with E-state index in [0.29, 0.717) is 6.54 Å². The summed E-state index contributed by atoms with van der Waals surface area (Å²) in [6.45, 7) is 8.19. The van der Waals surface area contributed by atoms with Crippen LogP contribution in [0.15, 0.2) is 66.7 Å². The lowest BCUT2D eigenvalue weighted by molar-refractivity contribution is 0.0523. The quantitative estimate of drug-likeness (QED) is 0.806. The minimum Gasteiger partial charge on any atom is -0.444 e. The number of hydrogen-bond donors (Lipinski definition) is 1. The number of amides is 1. The van der Waals surface area contributed by atoms with Crippen molar-refractivity contribution < 1.29 is 9.53 Å². The molecule has 0 fully saturated rings. The predicted molar refractivity (Wildman–Crippen MR) is 103 cm³/mol. The normalized spacial score (nSPS) is 12.2. The molecule has 0 aliphatic rings. The van der Waals surface area contributed by atoms with Gasteiger partial charge in [0.1, 0.15) is 5.60 Å². The molecule has 2 aromatic carbocycles. The third-order valence-electron chi connectivity index (χ3n) is 3.59. The number of hydrogen-bond acceptors (Lipinski definition) is 2. The summed E-state index contributed by atoms with van der Waals surface area (Å²) in [6, 6.07) is 20.6. The maximum Gasteiger partial charge on any atom is 0.407 e. The standard InChI is InChI=1S/C22H27NO2/c1-17(16-23-21(24)25-22(2,3)4)15-20(18-11-7-5-8-12-18)19-13-9-6-10-14-19/h5-15,17H,16H2,1-4H3,(H,23,24)/t17-/m0/s1. The van der Waals surface area contributed by atoms with Gasteiger partial charge < -0.3 is 10.1 Å². The smallest absolute Gasteiger partial charge is 0.407 e. The van der Waals surface area contributed by atoms with Crippen LogP contribution in [0.1, 0.15) is 38.8 Å². The first-order valence-corrected chi connectivity index (χ1v) is 8.64. The summed E-state index contributed by atoms with van der Waals surface area (Å²) >= 11 is 0. The van der Waals surface area contributed by atoms with Crippen molar-refractivity contribution in [1.29, 1.82) is 0 Å². The summed E-state index contributed by atoms with van der Waals surface area (Å²) in [7, 11) is 0. The van der Waals surface area contributed by atoms with Gasteiger partial charge in [-0.2, -0.15) is 0 Å². The average Bonchev–Trinajstić information content (AvgIpc) is 2.58. The lowest BCUT2D eigenvalue weighted by Gasteiger charge is -2.20. The summed E-state index contributed by atoms with van der Waals surface area (Å²) in [5.74, 6) is 0.169. The number of rotatable bonds is 5. The fourth-order valence-electron chi connectivity index (χ4n) is 2.50. The molecule has 0 aliphatic carbocycles. The first kappa shape index (κ1) is 18.8. The van der Waals surface area contributed by atoms with E-state index in [0.717, 1.165) is 11.1 Å². The number of benzene rings is 2. The minimum atomic E-state index is -0.484. The van der Waals surface area contributed by atoms with Gasteiger partial charge in [-0.3, -0.25) is 0 Å². The second kappa shape index (κ2) is 8.52. The van der Waals surface area contributed by atoms with Crippen molar-refractivity contribution in [3.63, 3.8) is 0 Å². The number of alkyl carbamates (subject to hydrolysis) is 1. The molecule has 0 spiro atoms. The molecule has 132 valence electrons. The number of ether oxygens (including phenoxy) is 1. The van der Waals surface area contributed by atoms with Gasteiger partial charge in [-0.15, -0.1) is 0 Å². The maximum atomic E-state index is 11.8. The van der Waals surface area contributed by atoms with Gasteiger partial charge in [0.05, 0.1) is 0 Å². The summed E-state index contributed by atoms with van der Waals surface area (Å²) in [5, 5.41) is 2.84. The summed E-state index contributed by atoms with van der Waals surface area (Å²) < 4.78 is 5.29. The van der Waals surface area contributed by atoms with Crippen LogP contribution in [0.2, 0.25) is 0 Å². The Morgan fingerprint density at radius 2 is 1.48 bits per heavy atom. The van der Waals surface area contributed by atoms with Crippen LogP contribution in [-0.2, 0) is 4.74 Å². The van der Waals surface area contributed by atoms with Crippen LogP contribution in [0.25, 0.3) is 5.57 Å². The number of nitrogens with one attached hydrogen (secondary N) is 1. The van der Waals surface area contributed by atoms with Crippen molar-refractivity contribution in [2.75, 3.05) is 6.54 Å². The Hall–Kier alpha value is -2.55. The topological polar surface area (TPSA) is 38.3 Å². The van der Waals surface area contributed by atoms with Crippen LogP contribution in [0.4, 0.5) is 4.79 Å². The van der Waals surface area contributed by atoms with Crippen molar-refractivity contribution >= 4 is 11.7 Å². The Balaban J connectivity index is 2.13. The van der Waals surface area contributed by atoms with Gasteiger partial charge in [0.25, 0.3) is 0 Å². The summed E-state index contributed by atoms with van der Waals surface area (Å²) in [5.41, 5.74) is 3.01. The van der Waals surface area contributed by atoms with Crippen molar-refractivity contribution in [1.82, 2.24) is 5.32 Å². The number of carbonyl (C=O) groups is 1. The highest BCUT2D eigenvalue weighted by atomic mass is 16.6. The fourth-order valence-corrected chi connectivity index (χ4v) is 2.50. The van der Waals surface area contributed by atoms with Gasteiger partial charge in [-0.1, -0.05) is 73.7 Å². The zero-order valence-corrected chi connectivity index (χ0v) is 15.5. The zero-order chi connectivity index (χ0) is 18.3. The van der Waals surface area contributed by atoms with E-state index in [1.807, 2.05) is 57.2 Å². The third-order valence-corrected chi connectivity index (χ3v) is 3.59. The first-order chi connectivity index (χ1) is 11.8. The second-order valence-electron chi connectivity index (χ2n) is 7.17. The maximum absolute atomic E-state index is 11.8. The van der Waals surface area contributed by atoms with Crippen LogP contribution in [0.5, 0.6) is 0 Å². The Morgan fingerprint density at radius 3 is 1.92 bits per heavy atom. The molecule has 0 radical (unpaired) electrons. The van der Waals surface area contributed by atoms with Gasteiger partial charge in [0.15, 0.2) is 0 Å². The van der Waals surface area contributed by atoms with E-state index in [1.54, 1.807) is 0 Å². The van der Waals surface area contributed by atoms with Gasteiger partial charge in [-0.25, -0.2) is 4.79 Å². The molecular formula is C22H27NO2. The van der Waals surface area contributed by atoms with E-state index in [1.165, 1.54) is 5.57 Å². The highest BCUT2D eigenvalue weighted by molar-refractivity contribution is 5.79. The molecule has 25 heavy (non-hydrogen) atoms. The van der Waals surface area contributed by atoms with Crippen LogP contribution in [0, 0.1) is 5.92 Å². The van der Waals surface area contributed by atoms with Crippen LogP contribution in [0.3, 0.4) is 0 Å². The highest BCUT2D eigenvalue weighted by Crippen LogP contribution is 2.24. The van der Waals surface area contributed by atoms with E-state index in [4.69, 9.17) is 4.74 Å². The predicted octanol–water partition coefficient (Wildman–Crippen LogP) is 5.28. The zero-order valence-electron chi connectivity index (χ0n) is 15.5. The van der Waals surface area contributed by atoms with Crippen LogP contribution in [-0.4, -0.2) is 18.2 Å². The molecule has 3 nitrogen and oxygen atoms in total. The average molecular weight is 337 g/mol. The molecule has 0 aliphatic heterocycles. The molecule has 1 atom stereocenters. The lowest BCUT2D eigenvalue weighted by atomic mass is 9.94. The lowest BCUT2D eigenvalue weighted by Crippen LogP contribution is -2.34. The van der Waals surface area contributed by atoms with Crippen LogP contribution < -0.4 is 5.32 Å². The SMILES string of the molecule is C[C@@H](C=C(c1ccccc1)c1ccccc1)CNC(=O)OC(C)(C)C. The molecular weight excluding hydrogens is 310 g/mol. The molecule has 0 saturated heterocycles. The second-order valence-corrected chi connectivity index (χ2v) is 7.17. The van der Waals surface area contributed by atoms with E-state index < -0.39 is 5.60 Å². The van der Waals surface area contributed by atoms with Gasteiger partial charge in [0, 0.05) is 6.54 Å².